The fraction of sp³-hybridized carbons (Fsp3) is 0.159. The summed E-state index contributed by atoms with van der Waals surface area (Å²) in [4.78, 5) is 17.3. The number of anilines is 1. The quantitative estimate of drug-likeness (QED) is 0.166. The Hall–Kier alpha value is -6.01. The molecule has 0 aromatic heterocycles. The van der Waals surface area contributed by atoms with Crippen molar-refractivity contribution in [1.82, 2.24) is 0 Å². The molecule has 5 aromatic rings. The second-order valence-electron chi connectivity index (χ2n) is 12.9. The van der Waals surface area contributed by atoms with Crippen LogP contribution in [0.4, 0.5) is 5.69 Å². The number of carbonyl (C=O) groups is 1. The van der Waals surface area contributed by atoms with Crippen LogP contribution in [0.15, 0.2) is 126 Å². The molecule has 0 heterocycles. The number of methoxy groups -OCH3 is 4. The van der Waals surface area contributed by atoms with Crippen LogP contribution in [0.1, 0.15) is 43.7 Å². The van der Waals surface area contributed by atoms with E-state index in [-0.39, 0.29) is 5.78 Å². The highest BCUT2D eigenvalue weighted by atomic mass is 16.5. The lowest BCUT2D eigenvalue weighted by Gasteiger charge is -2.37. The van der Waals surface area contributed by atoms with Crippen LogP contribution < -0.4 is 23.8 Å². The molecule has 0 atom stereocenters. The van der Waals surface area contributed by atoms with Gasteiger partial charge in [-0.2, -0.15) is 0 Å². The van der Waals surface area contributed by atoms with Crippen LogP contribution in [0.2, 0.25) is 0 Å². The molecule has 0 N–H and O–H groups in total. The number of ketones is 1. The normalized spacial score (nSPS) is 15.2. The maximum atomic E-state index is 15.2. The molecule has 0 spiro atoms. The first-order valence-electron chi connectivity index (χ1n) is 16.5. The average molecular weight is 660 g/mol. The molecule has 0 saturated heterocycles. The maximum absolute atomic E-state index is 15.2. The van der Waals surface area contributed by atoms with Crippen LogP contribution >= 0.6 is 0 Å². The summed E-state index contributed by atoms with van der Waals surface area (Å²) < 4.78 is 22.5. The topological polar surface area (TPSA) is 57.2 Å². The van der Waals surface area contributed by atoms with Crippen molar-refractivity contribution in [3.63, 3.8) is 0 Å². The van der Waals surface area contributed by atoms with E-state index in [1.807, 2.05) is 68.7 Å². The van der Waals surface area contributed by atoms with Gasteiger partial charge in [0.2, 0.25) is 0 Å². The molecule has 3 aliphatic rings. The molecule has 3 aliphatic carbocycles. The standard InChI is InChI=1S/C44H37NO5/c1-45(2)30-14-22-35-37(24-30)40-41-38(23-27-9-17-34(50-6)25-36(27)43(41)46)44(28-10-18-32(48-4)19-11-28,29-12-20-33(49-5)21-13-29)42(40)39(35)26-7-15-31(47-3)16-8-26/h7-25H,1-6H3. The van der Waals surface area contributed by atoms with E-state index in [4.69, 9.17) is 18.9 Å². The van der Waals surface area contributed by atoms with Crippen molar-refractivity contribution < 1.29 is 23.7 Å². The molecule has 0 saturated carbocycles. The van der Waals surface area contributed by atoms with E-state index in [1.54, 1.807) is 28.4 Å². The summed E-state index contributed by atoms with van der Waals surface area (Å²) in [7, 11) is 10.7. The Morgan fingerprint density at radius 1 is 0.520 bits per heavy atom. The molecule has 50 heavy (non-hydrogen) atoms. The highest BCUT2D eigenvalue weighted by molar-refractivity contribution is 6.29. The van der Waals surface area contributed by atoms with Gasteiger partial charge in [0.05, 0.1) is 33.9 Å². The first kappa shape index (κ1) is 31.3. The lowest BCUT2D eigenvalue weighted by atomic mass is 9.63. The second-order valence-corrected chi connectivity index (χ2v) is 12.9. The van der Waals surface area contributed by atoms with E-state index in [0.717, 1.165) is 78.6 Å². The Kier molecular flexibility index (Phi) is 7.41. The van der Waals surface area contributed by atoms with Crippen LogP contribution in [0.5, 0.6) is 23.0 Å². The van der Waals surface area contributed by atoms with Crippen LogP contribution in [0.25, 0.3) is 17.2 Å². The van der Waals surface area contributed by atoms with Gasteiger partial charge >= 0.3 is 0 Å². The highest BCUT2D eigenvalue weighted by Gasteiger charge is 2.56. The number of allylic oxidation sites excluding steroid dienone is 4. The fourth-order valence-electron chi connectivity index (χ4n) is 7.92. The Bertz CT molecular complexity index is 2230. The van der Waals surface area contributed by atoms with Gasteiger partial charge in [0.25, 0.3) is 0 Å². The maximum Gasteiger partial charge on any atom is 0.194 e. The number of Topliss-reactive ketones (excluding diaryl/α,β-unsaturated/α-hetero) is 1. The van der Waals surface area contributed by atoms with Gasteiger partial charge in [0, 0.05) is 30.9 Å². The summed E-state index contributed by atoms with van der Waals surface area (Å²) in [6.07, 6.45) is 2.21. The number of nitrogens with zero attached hydrogens (tertiary/aromatic N) is 1. The van der Waals surface area contributed by atoms with E-state index >= 15 is 4.79 Å². The number of rotatable bonds is 8. The van der Waals surface area contributed by atoms with Gasteiger partial charge in [-0.1, -0.05) is 48.5 Å². The zero-order valence-electron chi connectivity index (χ0n) is 29.0. The van der Waals surface area contributed by atoms with E-state index < -0.39 is 5.41 Å². The minimum atomic E-state index is -0.886. The number of benzene rings is 5. The van der Waals surface area contributed by atoms with Gasteiger partial charge in [-0.3, -0.25) is 4.79 Å². The average Bonchev–Trinajstić information content (AvgIpc) is 3.65. The van der Waals surface area contributed by atoms with Gasteiger partial charge < -0.3 is 23.8 Å². The summed E-state index contributed by atoms with van der Waals surface area (Å²) in [6.45, 7) is 0. The Morgan fingerprint density at radius 2 is 1.06 bits per heavy atom. The van der Waals surface area contributed by atoms with Gasteiger partial charge in [-0.05, 0) is 122 Å². The number of carbonyl (C=O) groups excluding carboxylic acids is 1. The zero-order valence-corrected chi connectivity index (χ0v) is 29.0. The van der Waals surface area contributed by atoms with E-state index in [2.05, 4.69) is 65.6 Å². The molecule has 6 heteroatoms. The van der Waals surface area contributed by atoms with E-state index in [1.165, 1.54) is 0 Å². The molecule has 0 amide bonds. The Labute approximate surface area is 292 Å². The molecule has 0 fully saturated rings. The molecule has 0 radical (unpaired) electrons. The van der Waals surface area contributed by atoms with Gasteiger partial charge in [-0.15, -0.1) is 0 Å². The van der Waals surface area contributed by atoms with Crippen molar-refractivity contribution in [3.05, 3.63) is 165 Å². The summed E-state index contributed by atoms with van der Waals surface area (Å²) >= 11 is 0. The van der Waals surface area contributed by atoms with E-state index in [9.17, 15) is 0 Å². The second kappa shape index (κ2) is 11.8. The summed E-state index contributed by atoms with van der Waals surface area (Å²) in [5.41, 5.74) is 11.6. The minimum Gasteiger partial charge on any atom is -0.497 e. The summed E-state index contributed by atoms with van der Waals surface area (Å²) in [5.74, 6) is 2.91. The predicted molar refractivity (Wildman–Crippen MR) is 199 cm³/mol. The number of fused-ring (bicyclic) bond motifs is 5. The molecular formula is C44H37NO5. The highest BCUT2D eigenvalue weighted by Crippen LogP contribution is 2.66. The monoisotopic (exact) mass is 659 g/mol. The third kappa shape index (κ3) is 4.44. The summed E-state index contributed by atoms with van der Waals surface area (Å²) in [5, 5.41) is 0. The largest absolute Gasteiger partial charge is 0.497 e. The van der Waals surface area contributed by atoms with Gasteiger partial charge in [-0.25, -0.2) is 0 Å². The van der Waals surface area contributed by atoms with Crippen molar-refractivity contribution >= 4 is 28.7 Å². The van der Waals surface area contributed by atoms with Crippen molar-refractivity contribution in [1.29, 1.82) is 0 Å². The molecule has 0 bridgehead atoms. The number of hydrogen-bond acceptors (Lipinski definition) is 6. The smallest absolute Gasteiger partial charge is 0.194 e. The molecule has 6 nitrogen and oxygen atoms in total. The zero-order chi connectivity index (χ0) is 34.7. The SMILES string of the molecule is COc1ccc(C2=C3C(=C4C(=O)c5cc(OC)ccc5C=C4C3(c3ccc(OC)cc3)c3ccc(OC)cc3)c3cc(N(C)C)ccc32)cc1. The Morgan fingerprint density at radius 3 is 1.60 bits per heavy atom. The fourth-order valence-corrected chi connectivity index (χ4v) is 7.92. The van der Waals surface area contributed by atoms with Crippen molar-refractivity contribution in [3.8, 4) is 23.0 Å². The van der Waals surface area contributed by atoms with Crippen LogP contribution in [0, 0.1) is 0 Å². The third-order valence-corrected chi connectivity index (χ3v) is 10.3. The van der Waals surface area contributed by atoms with Gasteiger partial charge in [0.1, 0.15) is 23.0 Å². The number of hydrogen-bond donors (Lipinski definition) is 0. The third-order valence-electron chi connectivity index (χ3n) is 10.3. The van der Waals surface area contributed by atoms with Crippen LogP contribution in [0.3, 0.4) is 0 Å². The minimum absolute atomic E-state index is 0.0232. The van der Waals surface area contributed by atoms with Gasteiger partial charge in [0.15, 0.2) is 5.78 Å². The van der Waals surface area contributed by atoms with Crippen LogP contribution in [-0.2, 0) is 5.41 Å². The molecule has 248 valence electrons. The molecule has 0 unspecified atom stereocenters. The predicted octanol–water partition coefficient (Wildman–Crippen LogP) is 8.64. The molecule has 0 aliphatic heterocycles. The summed E-state index contributed by atoms with van der Waals surface area (Å²) in [6, 6.07) is 37.1. The Balaban J connectivity index is 1.58. The molecule has 5 aromatic carbocycles. The first-order valence-corrected chi connectivity index (χ1v) is 16.5. The lowest BCUT2D eigenvalue weighted by Crippen LogP contribution is -2.32. The first-order chi connectivity index (χ1) is 24.3. The molecular weight excluding hydrogens is 622 g/mol. The number of ether oxygens (including phenoxy) is 4. The lowest BCUT2D eigenvalue weighted by molar-refractivity contribution is 0.103. The van der Waals surface area contributed by atoms with Crippen LogP contribution in [-0.4, -0.2) is 48.3 Å². The van der Waals surface area contributed by atoms with Crippen molar-refractivity contribution in [2.24, 2.45) is 0 Å². The van der Waals surface area contributed by atoms with Crippen molar-refractivity contribution in [2.75, 3.05) is 47.4 Å². The van der Waals surface area contributed by atoms with Crippen molar-refractivity contribution in [2.45, 2.75) is 5.41 Å². The molecule has 8 rings (SSSR count). The van der Waals surface area contributed by atoms with E-state index in [0.29, 0.717) is 16.9 Å².